The van der Waals surface area contributed by atoms with Crippen LogP contribution in [0.25, 0.3) is 0 Å². The Bertz CT molecular complexity index is 360. The topological polar surface area (TPSA) is 120 Å². The number of unbranched alkanes of at least 4 members (excludes halogenated alkanes) is 3. The van der Waals surface area contributed by atoms with E-state index in [2.05, 4.69) is 41.5 Å². The Balaban J connectivity index is -0.000000174. The summed E-state index contributed by atoms with van der Waals surface area (Å²) in [5.41, 5.74) is 0. The number of carbonyl (C=O) groups is 3. The fourth-order valence-corrected chi connectivity index (χ4v) is 2.47. The smallest absolute Gasteiger partial charge is 0.550 e. The van der Waals surface area contributed by atoms with Gasteiger partial charge in [0, 0.05) is 17.9 Å². The molecule has 1 radical (unpaired) electrons. The zero-order chi connectivity index (χ0) is 23.9. The standard InChI is InChI=1S/3C8H16O2.Ru/c3*1-7(2)5-3-4-6-8(9)10;/h3*7H,3-6H2,1-2H3,(H,9,10);/q;;;+3/p-3. The van der Waals surface area contributed by atoms with Crippen molar-refractivity contribution < 1.29 is 49.2 Å². The summed E-state index contributed by atoms with van der Waals surface area (Å²) in [5.74, 6) is -0.735. The van der Waals surface area contributed by atoms with Crippen LogP contribution in [0, 0.1) is 17.8 Å². The molecule has 0 aliphatic heterocycles. The first-order valence-electron chi connectivity index (χ1n) is 11.5. The molecule has 0 unspecified atom stereocenters. The largest absolute Gasteiger partial charge is 3.00 e. The first-order valence-corrected chi connectivity index (χ1v) is 11.5. The van der Waals surface area contributed by atoms with Crippen LogP contribution in [0.3, 0.4) is 0 Å². The Kier molecular flexibility index (Phi) is 32.6. The van der Waals surface area contributed by atoms with Crippen molar-refractivity contribution in [2.45, 2.75) is 119 Å². The molecule has 0 aromatic rings. The zero-order valence-corrected chi connectivity index (χ0v) is 22.3. The van der Waals surface area contributed by atoms with Crippen molar-refractivity contribution in [3.63, 3.8) is 0 Å². The molecule has 0 atom stereocenters. The van der Waals surface area contributed by atoms with Crippen LogP contribution in [-0.4, -0.2) is 17.9 Å². The molecule has 0 heterocycles. The van der Waals surface area contributed by atoms with E-state index in [4.69, 9.17) is 0 Å². The van der Waals surface area contributed by atoms with Crippen LogP contribution in [0.2, 0.25) is 0 Å². The summed E-state index contributed by atoms with van der Waals surface area (Å²) in [7, 11) is 0. The van der Waals surface area contributed by atoms with Crippen LogP contribution >= 0.6 is 0 Å². The minimum atomic E-state index is -0.927. The van der Waals surface area contributed by atoms with Gasteiger partial charge in [-0.25, -0.2) is 0 Å². The maximum Gasteiger partial charge on any atom is 3.00 e. The van der Waals surface area contributed by atoms with Crippen molar-refractivity contribution in [1.29, 1.82) is 0 Å². The predicted molar refractivity (Wildman–Crippen MR) is 115 cm³/mol. The van der Waals surface area contributed by atoms with Crippen molar-refractivity contribution in [3.05, 3.63) is 0 Å². The molecule has 0 saturated carbocycles. The molecule has 0 aliphatic carbocycles. The molecule has 0 spiro atoms. The maximum atomic E-state index is 9.93. The maximum absolute atomic E-state index is 9.93. The van der Waals surface area contributed by atoms with E-state index in [1.807, 2.05) is 0 Å². The van der Waals surface area contributed by atoms with Crippen LogP contribution in [0.5, 0.6) is 0 Å². The Morgan fingerprint density at radius 2 is 0.677 bits per heavy atom. The van der Waals surface area contributed by atoms with E-state index in [1.54, 1.807) is 0 Å². The molecule has 0 aliphatic rings. The minimum Gasteiger partial charge on any atom is -0.550 e. The van der Waals surface area contributed by atoms with Crippen molar-refractivity contribution in [2.24, 2.45) is 17.8 Å². The third-order valence-electron chi connectivity index (χ3n) is 4.24. The Morgan fingerprint density at radius 3 is 0.806 bits per heavy atom. The zero-order valence-electron chi connectivity index (χ0n) is 20.5. The van der Waals surface area contributed by atoms with E-state index in [9.17, 15) is 29.7 Å². The molecule has 185 valence electrons. The average Bonchev–Trinajstić information content (AvgIpc) is 2.60. The van der Waals surface area contributed by atoms with Gasteiger partial charge >= 0.3 is 19.5 Å². The summed E-state index contributed by atoms with van der Waals surface area (Å²) in [4.78, 5) is 29.8. The van der Waals surface area contributed by atoms with E-state index >= 15 is 0 Å². The van der Waals surface area contributed by atoms with Crippen LogP contribution in [0.4, 0.5) is 0 Å². The van der Waals surface area contributed by atoms with Gasteiger partial charge in [0.25, 0.3) is 0 Å². The van der Waals surface area contributed by atoms with E-state index in [0.717, 1.165) is 57.8 Å². The van der Waals surface area contributed by atoms with Gasteiger partial charge in [0.1, 0.15) is 0 Å². The Labute approximate surface area is 203 Å². The monoisotopic (exact) mass is 531 g/mol. The summed E-state index contributed by atoms with van der Waals surface area (Å²) in [6, 6.07) is 0. The van der Waals surface area contributed by atoms with Gasteiger partial charge < -0.3 is 29.7 Å². The molecule has 6 nitrogen and oxygen atoms in total. The number of carbonyl (C=O) groups excluding carboxylic acids is 3. The van der Waals surface area contributed by atoms with Crippen LogP contribution in [-0.2, 0) is 33.9 Å². The Hall–Kier alpha value is -0.967. The quantitative estimate of drug-likeness (QED) is 0.237. The second-order valence-electron chi connectivity index (χ2n) is 9.03. The van der Waals surface area contributed by atoms with Gasteiger partial charge in [-0.3, -0.25) is 0 Å². The number of carboxylic acid groups (broad SMARTS) is 3. The SMILES string of the molecule is CC(C)CCCCC(=O)[O-].CC(C)CCCCC(=O)[O-].CC(C)CCCCC(=O)[O-].[Ru+3]. The summed E-state index contributed by atoms with van der Waals surface area (Å²) >= 11 is 0. The van der Waals surface area contributed by atoms with Gasteiger partial charge in [-0.2, -0.15) is 0 Å². The molecular formula is C24H45O6Ru. The number of aliphatic carboxylic acids is 3. The van der Waals surface area contributed by atoms with Crippen molar-refractivity contribution in [2.75, 3.05) is 0 Å². The predicted octanol–water partition coefficient (Wildman–Crippen LogP) is 2.86. The fraction of sp³-hybridized carbons (Fsp3) is 0.875. The first-order chi connectivity index (χ1) is 13.9. The van der Waals surface area contributed by atoms with Gasteiger partial charge in [0.2, 0.25) is 0 Å². The van der Waals surface area contributed by atoms with Gasteiger partial charge in [0.05, 0.1) is 0 Å². The molecule has 0 aromatic carbocycles. The van der Waals surface area contributed by atoms with E-state index in [-0.39, 0.29) is 38.7 Å². The van der Waals surface area contributed by atoms with Gasteiger partial charge in [-0.05, 0) is 56.3 Å². The molecular weight excluding hydrogens is 485 g/mol. The molecule has 0 saturated heterocycles. The van der Waals surface area contributed by atoms with E-state index in [0.29, 0.717) is 17.8 Å². The molecule has 0 bridgehead atoms. The number of carboxylic acids is 3. The third-order valence-corrected chi connectivity index (χ3v) is 4.24. The van der Waals surface area contributed by atoms with Crippen LogP contribution in [0.1, 0.15) is 119 Å². The van der Waals surface area contributed by atoms with Crippen molar-refractivity contribution >= 4 is 17.9 Å². The number of hydrogen-bond acceptors (Lipinski definition) is 6. The molecule has 7 heteroatoms. The second kappa shape index (κ2) is 27.1. The van der Waals surface area contributed by atoms with Crippen molar-refractivity contribution in [1.82, 2.24) is 0 Å². The van der Waals surface area contributed by atoms with Gasteiger partial charge in [-0.1, -0.05) is 80.1 Å². The molecule has 0 N–H and O–H groups in total. The van der Waals surface area contributed by atoms with Crippen molar-refractivity contribution in [3.8, 4) is 0 Å². The summed E-state index contributed by atoms with van der Waals surface area (Å²) < 4.78 is 0. The molecule has 0 aromatic heterocycles. The summed E-state index contributed by atoms with van der Waals surface area (Å²) in [6.07, 6.45) is 9.31. The van der Waals surface area contributed by atoms with Gasteiger partial charge in [0.15, 0.2) is 0 Å². The normalized spacial score (nSPS) is 9.97. The fourth-order valence-electron chi connectivity index (χ4n) is 2.47. The van der Waals surface area contributed by atoms with Gasteiger partial charge in [-0.15, -0.1) is 0 Å². The number of hydrogen-bond donors (Lipinski definition) is 0. The average molecular weight is 531 g/mol. The van der Waals surface area contributed by atoms with E-state index < -0.39 is 17.9 Å². The van der Waals surface area contributed by atoms with E-state index in [1.165, 1.54) is 0 Å². The Morgan fingerprint density at radius 1 is 0.484 bits per heavy atom. The molecule has 0 rings (SSSR count). The molecule has 0 fully saturated rings. The summed E-state index contributed by atoms with van der Waals surface area (Å²) in [5, 5.41) is 29.8. The van der Waals surface area contributed by atoms with Crippen LogP contribution in [0.15, 0.2) is 0 Å². The second-order valence-corrected chi connectivity index (χ2v) is 9.03. The third kappa shape index (κ3) is 52.9. The minimum absolute atomic E-state index is 0. The summed E-state index contributed by atoms with van der Waals surface area (Å²) in [6.45, 7) is 12.8. The molecule has 31 heavy (non-hydrogen) atoms. The first kappa shape index (κ1) is 37.4. The number of rotatable bonds is 15. The van der Waals surface area contributed by atoms with Crippen LogP contribution < -0.4 is 15.3 Å². The molecule has 0 amide bonds.